The minimum absolute atomic E-state index is 0.0278. The third kappa shape index (κ3) is 6.45. The van der Waals surface area contributed by atoms with Crippen LogP contribution in [0, 0.1) is 0 Å². The van der Waals surface area contributed by atoms with Gasteiger partial charge < -0.3 is 14.8 Å². The molecule has 7 nitrogen and oxygen atoms in total. The number of nitrogens with one attached hydrogen (secondary N) is 2. The Balaban J connectivity index is 1.43. The van der Waals surface area contributed by atoms with Gasteiger partial charge in [-0.25, -0.2) is 5.43 Å². The van der Waals surface area contributed by atoms with Gasteiger partial charge >= 0.3 is 11.8 Å². The first kappa shape index (κ1) is 22.1. The number of benzene rings is 2. The lowest BCUT2D eigenvalue weighted by Gasteiger charge is -2.10. The van der Waals surface area contributed by atoms with Crippen molar-refractivity contribution in [1.29, 1.82) is 0 Å². The van der Waals surface area contributed by atoms with Crippen molar-refractivity contribution in [1.82, 2.24) is 10.7 Å². The maximum atomic E-state index is 11.7. The number of ether oxygens (including phenoxy) is 2. The molecule has 0 radical (unpaired) electrons. The lowest BCUT2D eigenvalue weighted by atomic mass is 10.2. The Labute approximate surface area is 184 Å². The molecule has 1 aliphatic heterocycles. The van der Waals surface area contributed by atoms with E-state index in [0.717, 1.165) is 18.4 Å². The van der Waals surface area contributed by atoms with Crippen LogP contribution in [0.5, 0.6) is 5.75 Å². The fourth-order valence-corrected chi connectivity index (χ4v) is 3.29. The van der Waals surface area contributed by atoms with Crippen LogP contribution in [0.3, 0.4) is 0 Å². The Kier molecular flexibility index (Phi) is 8.07. The van der Waals surface area contributed by atoms with Crippen molar-refractivity contribution in [3.63, 3.8) is 0 Å². The summed E-state index contributed by atoms with van der Waals surface area (Å²) in [6, 6.07) is 12.3. The maximum absolute atomic E-state index is 11.7. The van der Waals surface area contributed by atoms with Crippen LogP contribution >= 0.6 is 23.2 Å². The van der Waals surface area contributed by atoms with Crippen LogP contribution in [-0.2, 0) is 20.9 Å². The molecule has 2 aromatic rings. The van der Waals surface area contributed by atoms with Gasteiger partial charge in [0.15, 0.2) is 0 Å². The third-order valence-corrected chi connectivity index (χ3v) is 5.13. The lowest BCUT2D eigenvalue weighted by Crippen LogP contribution is -2.41. The molecular weight excluding hydrogens is 429 g/mol. The number of nitrogens with zero attached hydrogens (tertiary/aromatic N) is 1. The highest BCUT2D eigenvalue weighted by atomic mass is 35.5. The van der Waals surface area contributed by atoms with Gasteiger partial charge in [0, 0.05) is 28.8 Å². The number of amides is 2. The fourth-order valence-electron chi connectivity index (χ4n) is 2.78. The van der Waals surface area contributed by atoms with E-state index in [4.69, 9.17) is 32.7 Å². The van der Waals surface area contributed by atoms with Gasteiger partial charge in [-0.05, 0) is 54.8 Å². The average Bonchev–Trinajstić information content (AvgIpc) is 3.26. The zero-order chi connectivity index (χ0) is 21.3. The molecule has 0 spiro atoms. The van der Waals surface area contributed by atoms with E-state index in [2.05, 4.69) is 15.8 Å². The second kappa shape index (κ2) is 11.0. The van der Waals surface area contributed by atoms with Gasteiger partial charge in [-0.15, -0.1) is 0 Å². The Hall–Kier alpha value is -2.61. The van der Waals surface area contributed by atoms with Gasteiger partial charge in [0.1, 0.15) is 12.4 Å². The molecular formula is C21H21Cl2N3O4. The zero-order valence-corrected chi connectivity index (χ0v) is 17.6. The molecule has 9 heteroatoms. The summed E-state index contributed by atoms with van der Waals surface area (Å²) in [5.41, 5.74) is 3.63. The predicted octanol–water partition coefficient (Wildman–Crippen LogP) is 3.32. The zero-order valence-electron chi connectivity index (χ0n) is 16.1. The van der Waals surface area contributed by atoms with Crippen LogP contribution < -0.4 is 15.5 Å². The molecule has 1 saturated heterocycles. The maximum Gasteiger partial charge on any atom is 0.329 e. The Morgan fingerprint density at radius 1 is 1.13 bits per heavy atom. The van der Waals surface area contributed by atoms with Crippen molar-refractivity contribution in [2.24, 2.45) is 5.10 Å². The number of carbonyl (C=O) groups excluding carboxylic acids is 2. The molecule has 0 aliphatic carbocycles. The minimum atomic E-state index is -0.833. The van der Waals surface area contributed by atoms with Gasteiger partial charge in [0.05, 0.1) is 12.3 Å². The summed E-state index contributed by atoms with van der Waals surface area (Å²) < 4.78 is 11.1. The monoisotopic (exact) mass is 449 g/mol. The summed E-state index contributed by atoms with van der Waals surface area (Å²) in [6.07, 6.45) is 3.25. The van der Waals surface area contributed by atoms with Gasteiger partial charge in [-0.3, -0.25) is 9.59 Å². The number of rotatable bonds is 7. The predicted molar refractivity (Wildman–Crippen MR) is 115 cm³/mol. The first-order chi connectivity index (χ1) is 14.5. The molecule has 0 saturated carbocycles. The van der Waals surface area contributed by atoms with Gasteiger partial charge in [0.25, 0.3) is 0 Å². The van der Waals surface area contributed by atoms with Crippen LogP contribution in [0.1, 0.15) is 24.0 Å². The number of hydrogen-bond donors (Lipinski definition) is 2. The summed E-state index contributed by atoms with van der Waals surface area (Å²) >= 11 is 12.3. The van der Waals surface area contributed by atoms with Crippen LogP contribution in [0.15, 0.2) is 47.6 Å². The van der Waals surface area contributed by atoms with Crippen LogP contribution in [0.25, 0.3) is 0 Å². The molecule has 2 aromatic carbocycles. The first-order valence-corrected chi connectivity index (χ1v) is 10.2. The summed E-state index contributed by atoms with van der Waals surface area (Å²) in [5, 5.41) is 7.41. The highest BCUT2D eigenvalue weighted by molar-refractivity contribution is 6.36. The molecule has 0 bridgehead atoms. The number of hydrazone groups is 1. The van der Waals surface area contributed by atoms with E-state index in [0.29, 0.717) is 34.5 Å². The Morgan fingerprint density at radius 2 is 1.87 bits per heavy atom. The second-order valence-electron chi connectivity index (χ2n) is 6.60. The average molecular weight is 450 g/mol. The van der Waals surface area contributed by atoms with Crippen LogP contribution in [0.2, 0.25) is 10.0 Å². The van der Waals surface area contributed by atoms with E-state index in [1.807, 2.05) is 0 Å². The van der Waals surface area contributed by atoms with Gasteiger partial charge in [-0.1, -0.05) is 29.3 Å². The largest absolute Gasteiger partial charge is 0.489 e. The lowest BCUT2D eigenvalue weighted by molar-refractivity contribution is -0.139. The number of carbonyl (C=O) groups is 2. The molecule has 3 rings (SSSR count). The van der Waals surface area contributed by atoms with E-state index in [-0.39, 0.29) is 12.7 Å². The standard InChI is InChI=1S/C21H21Cl2N3O4/c22-18-4-1-5-19(23)17(18)13-30-15-8-6-14(7-9-15)11-25-26-21(28)20(27)24-12-16-3-2-10-29-16/h1,4-9,11,16H,2-3,10,12-13H2,(H,24,27)(H,26,28)/b25-11-/t16-/m0/s1. The third-order valence-electron chi connectivity index (χ3n) is 4.43. The molecule has 30 heavy (non-hydrogen) atoms. The molecule has 0 unspecified atom stereocenters. The summed E-state index contributed by atoms with van der Waals surface area (Å²) in [4.78, 5) is 23.5. The van der Waals surface area contributed by atoms with Gasteiger partial charge in [0.2, 0.25) is 0 Å². The first-order valence-electron chi connectivity index (χ1n) is 9.41. The molecule has 1 fully saturated rings. The van der Waals surface area contributed by atoms with Crippen molar-refractivity contribution in [2.45, 2.75) is 25.6 Å². The van der Waals surface area contributed by atoms with Crippen LogP contribution in [-0.4, -0.2) is 37.3 Å². The Morgan fingerprint density at radius 3 is 2.53 bits per heavy atom. The van der Waals surface area contributed by atoms with E-state index >= 15 is 0 Å². The normalized spacial score (nSPS) is 15.9. The van der Waals surface area contributed by atoms with Crippen LogP contribution in [0.4, 0.5) is 0 Å². The summed E-state index contributed by atoms with van der Waals surface area (Å²) in [5.74, 6) is -0.953. The highest BCUT2D eigenvalue weighted by Crippen LogP contribution is 2.25. The molecule has 0 aromatic heterocycles. The number of halogens is 2. The van der Waals surface area contributed by atoms with E-state index in [1.165, 1.54) is 6.21 Å². The van der Waals surface area contributed by atoms with Crippen molar-refractivity contribution in [3.05, 3.63) is 63.6 Å². The number of hydrogen-bond acceptors (Lipinski definition) is 5. The molecule has 1 atom stereocenters. The SMILES string of the molecule is O=C(NC[C@@H]1CCCO1)C(=O)N/N=C\c1ccc(OCc2c(Cl)cccc2Cl)cc1. The molecule has 158 valence electrons. The summed E-state index contributed by atoms with van der Waals surface area (Å²) in [7, 11) is 0. The van der Waals surface area contributed by atoms with E-state index in [9.17, 15) is 9.59 Å². The smallest absolute Gasteiger partial charge is 0.329 e. The van der Waals surface area contributed by atoms with E-state index < -0.39 is 11.8 Å². The van der Waals surface area contributed by atoms with Crippen molar-refractivity contribution in [3.8, 4) is 5.75 Å². The van der Waals surface area contributed by atoms with Crippen molar-refractivity contribution in [2.75, 3.05) is 13.2 Å². The molecule has 1 aliphatic rings. The van der Waals surface area contributed by atoms with Crippen molar-refractivity contribution < 1.29 is 19.1 Å². The second-order valence-corrected chi connectivity index (χ2v) is 7.42. The Bertz CT molecular complexity index is 893. The molecule has 1 heterocycles. The van der Waals surface area contributed by atoms with Crippen molar-refractivity contribution >= 4 is 41.2 Å². The molecule has 2 N–H and O–H groups in total. The van der Waals surface area contributed by atoms with Gasteiger partial charge in [-0.2, -0.15) is 5.10 Å². The molecule has 2 amide bonds. The van der Waals surface area contributed by atoms with E-state index in [1.54, 1.807) is 42.5 Å². The highest BCUT2D eigenvalue weighted by Gasteiger charge is 2.18. The minimum Gasteiger partial charge on any atom is -0.489 e. The quantitative estimate of drug-likeness (QED) is 0.385. The topological polar surface area (TPSA) is 89.0 Å². The fraction of sp³-hybridized carbons (Fsp3) is 0.286. The summed E-state index contributed by atoms with van der Waals surface area (Å²) in [6.45, 7) is 1.24.